The fraction of sp³-hybridized carbons (Fsp3) is 0.227. The molecule has 0 radical (unpaired) electrons. The van der Waals surface area contributed by atoms with Crippen LogP contribution in [-0.4, -0.2) is 35.9 Å². The molecule has 6 heteroatoms. The predicted molar refractivity (Wildman–Crippen MR) is 110 cm³/mol. The van der Waals surface area contributed by atoms with Crippen LogP contribution in [0.15, 0.2) is 54.6 Å². The summed E-state index contributed by atoms with van der Waals surface area (Å²) in [6.45, 7) is 1.20. The molecule has 1 atom stereocenters. The van der Waals surface area contributed by atoms with Crippen molar-refractivity contribution in [1.29, 1.82) is 5.41 Å². The summed E-state index contributed by atoms with van der Waals surface area (Å²) in [5.74, 6) is -0.289. The molecule has 28 heavy (non-hydrogen) atoms. The second-order valence-corrected chi connectivity index (χ2v) is 6.92. The van der Waals surface area contributed by atoms with Gasteiger partial charge in [0.25, 0.3) is 5.91 Å². The third kappa shape index (κ3) is 3.73. The molecule has 3 aromatic rings. The van der Waals surface area contributed by atoms with E-state index in [0.717, 1.165) is 30.2 Å². The van der Waals surface area contributed by atoms with Crippen LogP contribution < -0.4 is 11.1 Å². The number of aromatic nitrogens is 1. The summed E-state index contributed by atoms with van der Waals surface area (Å²) in [6, 6.07) is 16.9. The molecule has 142 valence electrons. The average molecular weight is 374 g/mol. The van der Waals surface area contributed by atoms with Crippen molar-refractivity contribution in [2.75, 3.05) is 18.9 Å². The van der Waals surface area contributed by atoms with Gasteiger partial charge >= 0.3 is 0 Å². The first-order chi connectivity index (χ1) is 13.6. The molecule has 1 saturated heterocycles. The number of anilines is 1. The highest BCUT2D eigenvalue weighted by atomic mass is 16.5. The summed E-state index contributed by atoms with van der Waals surface area (Å²) in [6.07, 6.45) is 2.04. The van der Waals surface area contributed by atoms with Crippen LogP contribution in [0.1, 0.15) is 34.6 Å². The van der Waals surface area contributed by atoms with Gasteiger partial charge in [0.15, 0.2) is 0 Å². The molecular formula is C22H22N4O2. The third-order valence-corrected chi connectivity index (χ3v) is 4.95. The molecule has 0 bridgehead atoms. The van der Waals surface area contributed by atoms with Crippen molar-refractivity contribution >= 4 is 28.1 Å². The summed E-state index contributed by atoms with van der Waals surface area (Å²) >= 11 is 0. The van der Waals surface area contributed by atoms with E-state index in [1.807, 2.05) is 42.5 Å². The number of hydrogen-bond acceptors (Lipinski definition) is 5. The van der Waals surface area contributed by atoms with E-state index in [9.17, 15) is 4.79 Å². The van der Waals surface area contributed by atoms with Gasteiger partial charge < -0.3 is 15.8 Å². The quantitative estimate of drug-likeness (QED) is 0.597. The Hall–Kier alpha value is -3.25. The minimum atomic E-state index is -0.289. The molecule has 1 aromatic heterocycles. The summed E-state index contributed by atoms with van der Waals surface area (Å²) < 4.78 is 5.52. The molecule has 1 fully saturated rings. The van der Waals surface area contributed by atoms with Crippen molar-refractivity contribution in [2.24, 2.45) is 0 Å². The molecule has 6 nitrogen and oxygen atoms in total. The van der Waals surface area contributed by atoms with Gasteiger partial charge in [-0.05, 0) is 41.8 Å². The number of nitrogen functional groups attached to an aromatic ring is 1. The van der Waals surface area contributed by atoms with Crippen molar-refractivity contribution in [3.63, 3.8) is 0 Å². The smallest absolute Gasteiger partial charge is 0.269 e. The van der Waals surface area contributed by atoms with Crippen molar-refractivity contribution in [2.45, 2.75) is 18.9 Å². The van der Waals surface area contributed by atoms with Crippen LogP contribution in [0.25, 0.3) is 10.8 Å². The number of ether oxygens (including phenoxy) is 1. The van der Waals surface area contributed by atoms with E-state index in [-0.39, 0.29) is 23.4 Å². The Bertz CT molecular complexity index is 1040. The van der Waals surface area contributed by atoms with Crippen LogP contribution in [0.3, 0.4) is 0 Å². The fourth-order valence-corrected chi connectivity index (χ4v) is 3.38. The molecule has 0 aliphatic carbocycles. The zero-order valence-corrected chi connectivity index (χ0v) is 15.4. The van der Waals surface area contributed by atoms with Crippen molar-refractivity contribution in [3.8, 4) is 0 Å². The Morgan fingerprint density at radius 2 is 2.00 bits per heavy atom. The molecule has 1 amide bonds. The zero-order chi connectivity index (χ0) is 19.5. The number of amides is 1. The number of nitrogens with one attached hydrogen (secondary N) is 2. The summed E-state index contributed by atoms with van der Waals surface area (Å²) in [5.41, 5.74) is 7.87. The van der Waals surface area contributed by atoms with Gasteiger partial charge in [-0.15, -0.1) is 0 Å². The van der Waals surface area contributed by atoms with E-state index < -0.39 is 0 Å². The first kappa shape index (κ1) is 18.1. The zero-order valence-electron chi connectivity index (χ0n) is 15.4. The van der Waals surface area contributed by atoms with Crippen LogP contribution in [0, 0.1) is 5.41 Å². The standard InChI is InChI=1S/C22H22N4O2/c23-18-9-10-19(22(27)25-13-17-6-3-11-28-17)26-21(18)20(24)16-8-7-14-4-1-2-5-15(14)12-16/h1-2,4-5,7-10,12,17,24H,3,6,11,13,23H2,(H,25,27). The Morgan fingerprint density at radius 1 is 1.18 bits per heavy atom. The van der Waals surface area contributed by atoms with Crippen molar-refractivity contribution in [1.82, 2.24) is 10.3 Å². The first-order valence-corrected chi connectivity index (χ1v) is 9.36. The highest BCUT2D eigenvalue weighted by Crippen LogP contribution is 2.20. The monoisotopic (exact) mass is 374 g/mol. The number of pyridine rings is 1. The highest BCUT2D eigenvalue weighted by Gasteiger charge is 2.19. The predicted octanol–water partition coefficient (Wildman–Crippen LogP) is 3.14. The molecule has 4 rings (SSSR count). The number of nitrogens with two attached hydrogens (primary N) is 1. The molecule has 0 spiro atoms. The van der Waals surface area contributed by atoms with Gasteiger partial charge in [0.05, 0.1) is 17.5 Å². The van der Waals surface area contributed by atoms with E-state index in [0.29, 0.717) is 23.5 Å². The fourth-order valence-electron chi connectivity index (χ4n) is 3.38. The van der Waals surface area contributed by atoms with Gasteiger partial charge in [0, 0.05) is 18.7 Å². The van der Waals surface area contributed by atoms with Crippen molar-refractivity contribution < 1.29 is 9.53 Å². The van der Waals surface area contributed by atoms with Crippen LogP contribution in [0.2, 0.25) is 0 Å². The van der Waals surface area contributed by atoms with E-state index in [2.05, 4.69) is 10.3 Å². The number of benzene rings is 2. The topological polar surface area (TPSA) is 101 Å². The van der Waals surface area contributed by atoms with E-state index >= 15 is 0 Å². The van der Waals surface area contributed by atoms with Gasteiger partial charge in [0.2, 0.25) is 0 Å². The second-order valence-electron chi connectivity index (χ2n) is 6.92. The number of hydrogen-bond donors (Lipinski definition) is 3. The summed E-state index contributed by atoms with van der Waals surface area (Å²) in [4.78, 5) is 16.8. The van der Waals surface area contributed by atoms with Crippen LogP contribution in [0.5, 0.6) is 0 Å². The van der Waals surface area contributed by atoms with E-state index in [1.165, 1.54) is 0 Å². The molecule has 1 aliphatic heterocycles. The average Bonchev–Trinajstić information content (AvgIpc) is 3.25. The maximum Gasteiger partial charge on any atom is 0.269 e. The van der Waals surface area contributed by atoms with Crippen LogP contribution >= 0.6 is 0 Å². The van der Waals surface area contributed by atoms with Crippen LogP contribution in [0.4, 0.5) is 5.69 Å². The molecular weight excluding hydrogens is 352 g/mol. The Balaban J connectivity index is 1.56. The van der Waals surface area contributed by atoms with Gasteiger partial charge in [-0.25, -0.2) is 4.98 Å². The Labute approximate surface area is 163 Å². The summed E-state index contributed by atoms with van der Waals surface area (Å²) in [5, 5.41) is 13.6. The highest BCUT2D eigenvalue weighted by molar-refractivity contribution is 6.14. The van der Waals surface area contributed by atoms with Gasteiger partial charge in [-0.3, -0.25) is 10.2 Å². The minimum absolute atomic E-state index is 0.0631. The van der Waals surface area contributed by atoms with E-state index in [4.69, 9.17) is 15.9 Å². The number of carbonyl (C=O) groups excluding carboxylic acids is 1. The second kappa shape index (κ2) is 7.78. The lowest BCUT2D eigenvalue weighted by Gasteiger charge is -2.12. The number of rotatable bonds is 5. The van der Waals surface area contributed by atoms with E-state index in [1.54, 1.807) is 12.1 Å². The first-order valence-electron chi connectivity index (χ1n) is 9.36. The van der Waals surface area contributed by atoms with Gasteiger partial charge in [0.1, 0.15) is 11.4 Å². The van der Waals surface area contributed by atoms with Gasteiger partial charge in [-0.2, -0.15) is 0 Å². The Kier molecular flexibility index (Phi) is 5.04. The maximum absolute atomic E-state index is 12.5. The van der Waals surface area contributed by atoms with Crippen molar-refractivity contribution in [3.05, 3.63) is 71.5 Å². The molecule has 4 N–H and O–H groups in total. The molecule has 2 aromatic carbocycles. The molecule has 2 heterocycles. The van der Waals surface area contributed by atoms with Crippen LogP contribution in [-0.2, 0) is 4.74 Å². The maximum atomic E-state index is 12.5. The minimum Gasteiger partial charge on any atom is -0.397 e. The number of fused-ring (bicyclic) bond motifs is 1. The van der Waals surface area contributed by atoms with Gasteiger partial charge in [-0.1, -0.05) is 36.4 Å². The lowest BCUT2D eigenvalue weighted by molar-refractivity contribution is 0.0853. The largest absolute Gasteiger partial charge is 0.397 e. The molecule has 1 unspecified atom stereocenters. The number of nitrogens with zero attached hydrogens (tertiary/aromatic N) is 1. The Morgan fingerprint density at radius 3 is 2.79 bits per heavy atom. The molecule has 1 aliphatic rings. The lowest BCUT2D eigenvalue weighted by atomic mass is 10.0. The molecule has 0 saturated carbocycles. The number of carbonyl (C=O) groups is 1. The summed E-state index contributed by atoms with van der Waals surface area (Å²) in [7, 11) is 0. The lowest BCUT2D eigenvalue weighted by Crippen LogP contribution is -2.32. The SMILES string of the molecule is N=C(c1ccc2ccccc2c1)c1nc(C(=O)NCC2CCCO2)ccc1N. The third-order valence-electron chi connectivity index (χ3n) is 4.95. The normalized spacial score (nSPS) is 16.2.